The Balaban J connectivity index is 2.08. The second kappa shape index (κ2) is 5.97. The molecule has 2 rings (SSSR count). The fourth-order valence-corrected chi connectivity index (χ4v) is 1.60. The van der Waals surface area contributed by atoms with Crippen molar-refractivity contribution >= 4 is 11.6 Å². The van der Waals surface area contributed by atoms with Crippen LogP contribution in [0.2, 0.25) is 0 Å². The molecule has 5 heteroatoms. The summed E-state index contributed by atoms with van der Waals surface area (Å²) in [6, 6.07) is 11.8. The third-order valence-electron chi connectivity index (χ3n) is 2.70. The second-order valence-electron chi connectivity index (χ2n) is 4.20. The molecule has 102 valence electrons. The Morgan fingerprint density at radius 1 is 1.15 bits per heavy atom. The Kier molecular flexibility index (Phi) is 4.10. The van der Waals surface area contributed by atoms with Gasteiger partial charge in [-0.1, -0.05) is 6.07 Å². The van der Waals surface area contributed by atoms with Crippen molar-refractivity contribution in [2.24, 2.45) is 5.10 Å². The zero-order valence-corrected chi connectivity index (χ0v) is 10.8. The zero-order valence-electron chi connectivity index (χ0n) is 10.8. The first kappa shape index (κ1) is 13.7. The number of rotatable bonds is 3. The zero-order chi connectivity index (χ0) is 14.5. The molecule has 0 spiro atoms. The number of hydrazone groups is 1. The van der Waals surface area contributed by atoms with Gasteiger partial charge in [0, 0.05) is 5.56 Å². The molecule has 0 atom stereocenters. The number of aromatic hydroxyl groups is 1. The summed E-state index contributed by atoms with van der Waals surface area (Å²) in [4.78, 5) is 11.8. The van der Waals surface area contributed by atoms with E-state index in [1.54, 1.807) is 19.1 Å². The van der Waals surface area contributed by atoms with Crippen LogP contribution in [-0.2, 0) is 0 Å². The van der Waals surface area contributed by atoms with Crippen molar-refractivity contribution in [3.05, 3.63) is 65.5 Å². The van der Waals surface area contributed by atoms with E-state index in [-0.39, 0.29) is 11.3 Å². The van der Waals surface area contributed by atoms with Gasteiger partial charge in [0.1, 0.15) is 11.6 Å². The first-order valence-electron chi connectivity index (χ1n) is 5.96. The summed E-state index contributed by atoms with van der Waals surface area (Å²) < 4.78 is 13.0. The highest BCUT2D eigenvalue weighted by molar-refractivity contribution is 6.00. The maximum absolute atomic E-state index is 13.0. The standard InChI is InChI=1S/C15H13FN2O2/c1-10(11-5-7-14(19)8-6-11)17-18-15(20)12-3-2-4-13(16)9-12/h2-9,19H,1H3,(H,18,20). The van der Waals surface area contributed by atoms with E-state index in [0.717, 1.165) is 11.6 Å². The largest absolute Gasteiger partial charge is 0.508 e. The normalized spacial score (nSPS) is 11.2. The molecule has 0 aliphatic carbocycles. The van der Waals surface area contributed by atoms with Crippen LogP contribution in [0.4, 0.5) is 4.39 Å². The molecule has 0 fully saturated rings. The fraction of sp³-hybridized carbons (Fsp3) is 0.0667. The van der Waals surface area contributed by atoms with Crippen LogP contribution in [0.25, 0.3) is 0 Å². The summed E-state index contributed by atoms with van der Waals surface area (Å²) in [5.41, 5.74) is 3.90. The second-order valence-corrected chi connectivity index (χ2v) is 4.20. The highest BCUT2D eigenvalue weighted by atomic mass is 19.1. The minimum atomic E-state index is -0.484. The summed E-state index contributed by atoms with van der Waals surface area (Å²) in [5.74, 6) is -0.801. The molecule has 20 heavy (non-hydrogen) atoms. The molecule has 0 aliphatic rings. The van der Waals surface area contributed by atoms with Gasteiger partial charge in [-0.2, -0.15) is 5.10 Å². The van der Waals surface area contributed by atoms with Crippen LogP contribution in [-0.4, -0.2) is 16.7 Å². The highest BCUT2D eigenvalue weighted by Crippen LogP contribution is 2.10. The van der Waals surface area contributed by atoms with Crippen molar-refractivity contribution in [2.45, 2.75) is 6.92 Å². The summed E-state index contributed by atoms with van der Waals surface area (Å²) in [6.07, 6.45) is 0. The Bertz CT molecular complexity index is 651. The monoisotopic (exact) mass is 272 g/mol. The SMILES string of the molecule is CC(=NNC(=O)c1cccc(F)c1)c1ccc(O)cc1. The molecule has 2 aromatic carbocycles. The van der Waals surface area contributed by atoms with E-state index in [0.29, 0.717) is 5.71 Å². The van der Waals surface area contributed by atoms with E-state index in [1.165, 1.54) is 30.3 Å². The van der Waals surface area contributed by atoms with Gasteiger partial charge in [0.25, 0.3) is 5.91 Å². The fourth-order valence-electron chi connectivity index (χ4n) is 1.60. The van der Waals surface area contributed by atoms with Gasteiger partial charge < -0.3 is 5.11 Å². The summed E-state index contributed by atoms with van der Waals surface area (Å²) in [6.45, 7) is 1.72. The third-order valence-corrected chi connectivity index (χ3v) is 2.70. The van der Waals surface area contributed by atoms with Crippen molar-refractivity contribution in [3.8, 4) is 5.75 Å². The summed E-state index contributed by atoms with van der Waals surface area (Å²) in [5, 5.41) is 13.1. The van der Waals surface area contributed by atoms with Crippen LogP contribution >= 0.6 is 0 Å². The van der Waals surface area contributed by atoms with Crippen LogP contribution in [0.3, 0.4) is 0 Å². The lowest BCUT2D eigenvalue weighted by molar-refractivity contribution is 0.0954. The molecule has 0 bridgehead atoms. The van der Waals surface area contributed by atoms with Gasteiger partial charge in [0.05, 0.1) is 5.71 Å². The van der Waals surface area contributed by atoms with Crippen LogP contribution in [0.15, 0.2) is 53.6 Å². The van der Waals surface area contributed by atoms with Crippen LogP contribution in [0.5, 0.6) is 5.75 Å². The van der Waals surface area contributed by atoms with Crippen molar-refractivity contribution < 1.29 is 14.3 Å². The Hall–Kier alpha value is -2.69. The molecule has 0 saturated heterocycles. The molecule has 2 N–H and O–H groups in total. The average molecular weight is 272 g/mol. The number of nitrogens with one attached hydrogen (secondary N) is 1. The van der Waals surface area contributed by atoms with Crippen molar-refractivity contribution in [1.29, 1.82) is 0 Å². The van der Waals surface area contributed by atoms with Crippen molar-refractivity contribution in [2.75, 3.05) is 0 Å². The van der Waals surface area contributed by atoms with Crippen molar-refractivity contribution in [3.63, 3.8) is 0 Å². The molecular formula is C15H13FN2O2. The number of halogens is 1. The van der Waals surface area contributed by atoms with Crippen LogP contribution in [0.1, 0.15) is 22.8 Å². The lowest BCUT2D eigenvalue weighted by Crippen LogP contribution is -2.19. The molecule has 4 nitrogen and oxygen atoms in total. The smallest absolute Gasteiger partial charge is 0.271 e. The number of phenolic OH excluding ortho intramolecular Hbond substituents is 1. The van der Waals surface area contributed by atoms with Gasteiger partial charge in [0.2, 0.25) is 0 Å². The molecular weight excluding hydrogens is 259 g/mol. The maximum Gasteiger partial charge on any atom is 0.271 e. The van der Waals surface area contributed by atoms with Crippen LogP contribution < -0.4 is 5.43 Å². The quantitative estimate of drug-likeness (QED) is 0.666. The predicted octanol–water partition coefficient (Wildman–Crippen LogP) is 2.69. The minimum Gasteiger partial charge on any atom is -0.508 e. The first-order chi connectivity index (χ1) is 9.56. The van der Waals surface area contributed by atoms with Gasteiger partial charge in [-0.25, -0.2) is 9.82 Å². The molecule has 0 aromatic heterocycles. The number of hydrogen-bond donors (Lipinski definition) is 2. The van der Waals surface area contributed by atoms with E-state index in [1.807, 2.05) is 0 Å². The maximum atomic E-state index is 13.0. The molecule has 0 unspecified atom stereocenters. The van der Waals surface area contributed by atoms with Gasteiger partial charge in [-0.3, -0.25) is 4.79 Å². The summed E-state index contributed by atoms with van der Waals surface area (Å²) >= 11 is 0. The molecule has 1 amide bonds. The number of amides is 1. The van der Waals surface area contributed by atoms with Gasteiger partial charge in [-0.15, -0.1) is 0 Å². The summed E-state index contributed by atoms with van der Waals surface area (Å²) in [7, 11) is 0. The van der Waals surface area contributed by atoms with Gasteiger partial charge in [-0.05, 0) is 55.0 Å². The number of phenols is 1. The minimum absolute atomic E-state index is 0.158. The number of carbonyl (C=O) groups is 1. The average Bonchev–Trinajstić information content (AvgIpc) is 2.45. The topological polar surface area (TPSA) is 61.7 Å². The first-order valence-corrected chi connectivity index (χ1v) is 5.96. The lowest BCUT2D eigenvalue weighted by Gasteiger charge is -2.03. The molecule has 0 radical (unpaired) electrons. The lowest BCUT2D eigenvalue weighted by atomic mass is 10.1. The van der Waals surface area contributed by atoms with E-state index in [9.17, 15) is 14.3 Å². The molecule has 0 heterocycles. The van der Waals surface area contributed by atoms with Crippen LogP contribution in [0, 0.1) is 5.82 Å². The predicted molar refractivity (Wildman–Crippen MR) is 74.2 cm³/mol. The number of carbonyl (C=O) groups excluding carboxylic acids is 1. The highest BCUT2D eigenvalue weighted by Gasteiger charge is 2.05. The molecule has 0 saturated carbocycles. The number of nitrogens with zero attached hydrogens (tertiary/aromatic N) is 1. The van der Waals surface area contributed by atoms with E-state index in [2.05, 4.69) is 10.5 Å². The third kappa shape index (κ3) is 3.41. The Morgan fingerprint density at radius 3 is 2.50 bits per heavy atom. The number of hydrogen-bond acceptors (Lipinski definition) is 3. The van der Waals surface area contributed by atoms with Gasteiger partial charge in [0.15, 0.2) is 0 Å². The Morgan fingerprint density at radius 2 is 1.85 bits per heavy atom. The van der Waals surface area contributed by atoms with E-state index < -0.39 is 11.7 Å². The molecule has 0 aliphatic heterocycles. The number of benzene rings is 2. The molecule has 2 aromatic rings. The van der Waals surface area contributed by atoms with Crippen molar-refractivity contribution in [1.82, 2.24) is 5.43 Å². The Labute approximate surface area is 115 Å². The van der Waals surface area contributed by atoms with E-state index >= 15 is 0 Å². The van der Waals surface area contributed by atoms with Gasteiger partial charge >= 0.3 is 0 Å². The van der Waals surface area contributed by atoms with E-state index in [4.69, 9.17) is 0 Å².